The van der Waals surface area contributed by atoms with Gasteiger partial charge in [0.05, 0.1) is 4.90 Å². The normalized spacial score (nSPS) is 17.2. The van der Waals surface area contributed by atoms with Crippen molar-refractivity contribution in [1.29, 1.82) is 0 Å². The lowest BCUT2D eigenvalue weighted by atomic mass is 10.2. The van der Waals surface area contributed by atoms with Crippen molar-refractivity contribution in [1.82, 2.24) is 14.2 Å². The van der Waals surface area contributed by atoms with Gasteiger partial charge in [0.15, 0.2) is 0 Å². The molecule has 1 aromatic heterocycles. The summed E-state index contributed by atoms with van der Waals surface area (Å²) in [5.41, 5.74) is 0.853. The number of sulfonamides is 1. The molecule has 0 unspecified atom stereocenters. The maximum absolute atomic E-state index is 13.1. The topological polar surface area (TPSA) is 53.5 Å². The largest absolute Gasteiger partial charge is 0.298 e. The van der Waals surface area contributed by atoms with Gasteiger partial charge >= 0.3 is 0 Å². The fourth-order valence-corrected chi connectivity index (χ4v) is 4.78. The summed E-state index contributed by atoms with van der Waals surface area (Å²) in [5.74, 6) is -0.459. The molecule has 1 aromatic carbocycles. The number of nitrogens with zero attached hydrogens (tertiary/aromatic N) is 3. The molecule has 3 rings (SSSR count). The van der Waals surface area contributed by atoms with Gasteiger partial charge in [-0.05, 0) is 43.3 Å². The third-order valence-electron chi connectivity index (χ3n) is 4.28. The maximum Gasteiger partial charge on any atom is 0.243 e. The summed E-state index contributed by atoms with van der Waals surface area (Å²) in [6, 6.07) is 8.43. The molecule has 1 aliphatic rings. The molecular weight excluding hydrogens is 400 g/mol. The maximum atomic E-state index is 13.1. The molecule has 0 aliphatic carbocycles. The molecule has 0 atom stereocenters. The lowest BCUT2D eigenvalue weighted by Gasteiger charge is -2.22. The number of pyridine rings is 1. The number of rotatable bonds is 4. The Labute approximate surface area is 162 Å². The fourth-order valence-electron chi connectivity index (χ4n) is 2.90. The third kappa shape index (κ3) is 4.53. The van der Waals surface area contributed by atoms with Crippen LogP contribution in [0, 0.1) is 5.82 Å². The van der Waals surface area contributed by atoms with Crippen LogP contribution in [0.5, 0.6) is 0 Å². The summed E-state index contributed by atoms with van der Waals surface area (Å²) in [6.07, 6.45) is 0.694. The molecular formula is C17H18Cl2FN3O2S. The van der Waals surface area contributed by atoms with Crippen molar-refractivity contribution in [2.45, 2.75) is 17.9 Å². The second-order valence-corrected chi connectivity index (χ2v) is 8.75. The van der Waals surface area contributed by atoms with Crippen LogP contribution in [0.3, 0.4) is 0 Å². The molecule has 5 nitrogen and oxygen atoms in total. The molecule has 0 amide bonds. The van der Waals surface area contributed by atoms with E-state index < -0.39 is 15.8 Å². The van der Waals surface area contributed by atoms with Gasteiger partial charge in [-0.15, -0.1) is 0 Å². The zero-order chi connectivity index (χ0) is 18.7. The predicted octanol–water partition coefficient (Wildman–Crippen LogP) is 3.42. The predicted molar refractivity (Wildman–Crippen MR) is 99.3 cm³/mol. The van der Waals surface area contributed by atoms with Crippen molar-refractivity contribution in [2.24, 2.45) is 0 Å². The molecule has 2 aromatic rings. The highest BCUT2D eigenvalue weighted by Crippen LogP contribution is 2.21. The molecule has 0 bridgehead atoms. The first-order valence-electron chi connectivity index (χ1n) is 8.15. The Morgan fingerprint density at radius 2 is 1.73 bits per heavy atom. The summed E-state index contributed by atoms with van der Waals surface area (Å²) in [4.78, 5) is 6.28. The minimum absolute atomic E-state index is 0.109. The van der Waals surface area contributed by atoms with E-state index in [1.165, 1.54) is 16.4 Å². The minimum Gasteiger partial charge on any atom is -0.298 e. The fraction of sp³-hybridized carbons (Fsp3) is 0.353. The standard InChI is InChI=1S/C17H18Cl2FN3O2S/c18-16-7-2-13(17(19)21-16)12-22-8-1-9-23(11-10-22)26(24,25)15-5-3-14(20)4-6-15/h2-7H,1,8-12H2. The summed E-state index contributed by atoms with van der Waals surface area (Å²) in [6.45, 7) is 2.67. The Balaban J connectivity index is 1.68. The van der Waals surface area contributed by atoms with Crippen LogP contribution in [0.25, 0.3) is 0 Å². The second-order valence-electron chi connectivity index (χ2n) is 6.07. The van der Waals surface area contributed by atoms with Gasteiger partial charge in [0.1, 0.15) is 16.1 Å². The van der Waals surface area contributed by atoms with Gasteiger partial charge in [0.25, 0.3) is 0 Å². The Hall–Kier alpha value is -1.25. The summed E-state index contributed by atoms with van der Waals surface area (Å²) >= 11 is 11.9. The number of hydrogen-bond donors (Lipinski definition) is 0. The molecule has 0 spiro atoms. The van der Waals surface area contributed by atoms with E-state index >= 15 is 0 Å². The van der Waals surface area contributed by atoms with Crippen LogP contribution < -0.4 is 0 Å². The highest BCUT2D eigenvalue weighted by Gasteiger charge is 2.27. The van der Waals surface area contributed by atoms with Gasteiger partial charge in [-0.25, -0.2) is 17.8 Å². The van der Waals surface area contributed by atoms with E-state index in [2.05, 4.69) is 9.88 Å². The van der Waals surface area contributed by atoms with Crippen molar-refractivity contribution in [3.05, 3.63) is 58.1 Å². The van der Waals surface area contributed by atoms with Crippen molar-refractivity contribution in [3.8, 4) is 0 Å². The second kappa shape index (κ2) is 8.19. The van der Waals surface area contributed by atoms with E-state index in [1.54, 1.807) is 6.07 Å². The monoisotopic (exact) mass is 417 g/mol. The average Bonchev–Trinajstić information content (AvgIpc) is 2.84. The first kappa shape index (κ1) is 19.5. The molecule has 1 aliphatic heterocycles. The van der Waals surface area contributed by atoms with E-state index in [1.807, 2.05) is 6.07 Å². The van der Waals surface area contributed by atoms with Crippen LogP contribution in [0.1, 0.15) is 12.0 Å². The quantitative estimate of drug-likeness (QED) is 0.715. The number of benzene rings is 1. The molecule has 9 heteroatoms. The molecule has 1 saturated heterocycles. The Morgan fingerprint density at radius 3 is 2.42 bits per heavy atom. The van der Waals surface area contributed by atoms with Gasteiger partial charge in [0, 0.05) is 31.7 Å². The van der Waals surface area contributed by atoms with Crippen LogP contribution in [0.15, 0.2) is 41.3 Å². The van der Waals surface area contributed by atoms with Crippen molar-refractivity contribution in [3.63, 3.8) is 0 Å². The molecule has 1 fully saturated rings. The van der Waals surface area contributed by atoms with Gasteiger partial charge in [0.2, 0.25) is 10.0 Å². The first-order valence-corrected chi connectivity index (χ1v) is 10.3. The molecule has 26 heavy (non-hydrogen) atoms. The smallest absolute Gasteiger partial charge is 0.243 e. The summed E-state index contributed by atoms with van der Waals surface area (Å²) in [5, 5.41) is 0.698. The molecule has 0 N–H and O–H groups in total. The van der Waals surface area contributed by atoms with E-state index in [9.17, 15) is 12.8 Å². The van der Waals surface area contributed by atoms with E-state index in [0.29, 0.717) is 42.9 Å². The van der Waals surface area contributed by atoms with Gasteiger partial charge in [-0.1, -0.05) is 29.3 Å². The minimum atomic E-state index is -3.63. The van der Waals surface area contributed by atoms with Gasteiger partial charge < -0.3 is 0 Å². The van der Waals surface area contributed by atoms with Crippen LogP contribution in [-0.2, 0) is 16.6 Å². The Bertz CT molecular complexity index is 878. The zero-order valence-electron chi connectivity index (χ0n) is 13.9. The lowest BCUT2D eigenvalue weighted by molar-refractivity contribution is 0.278. The number of hydrogen-bond acceptors (Lipinski definition) is 4. The third-order valence-corrected chi connectivity index (χ3v) is 6.74. The van der Waals surface area contributed by atoms with E-state index in [-0.39, 0.29) is 4.90 Å². The first-order chi connectivity index (χ1) is 12.4. The van der Waals surface area contributed by atoms with Crippen LogP contribution in [-0.4, -0.2) is 48.8 Å². The Kier molecular flexibility index (Phi) is 6.14. The van der Waals surface area contributed by atoms with Crippen molar-refractivity contribution < 1.29 is 12.8 Å². The summed E-state index contributed by atoms with van der Waals surface area (Å²) in [7, 11) is -3.63. The van der Waals surface area contributed by atoms with E-state index in [4.69, 9.17) is 23.2 Å². The molecule has 0 radical (unpaired) electrons. The number of halogens is 3. The van der Waals surface area contributed by atoms with Crippen molar-refractivity contribution >= 4 is 33.2 Å². The molecule has 0 saturated carbocycles. The summed E-state index contributed by atoms with van der Waals surface area (Å²) < 4.78 is 40.0. The van der Waals surface area contributed by atoms with Gasteiger partial charge in [-0.2, -0.15) is 4.31 Å². The van der Waals surface area contributed by atoms with Crippen LogP contribution in [0.4, 0.5) is 4.39 Å². The van der Waals surface area contributed by atoms with E-state index in [0.717, 1.165) is 24.2 Å². The van der Waals surface area contributed by atoms with Crippen molar-refractivity contribution in [2.75, 3.05) is 26.2 Å². The number of aromatic nitrogens is 1. The van der Waals surface area contributed by atoms with Crippen LogP contribution >= 0.6 is 23.2 Å². The molecule has 140 valence electrons. The van der Waals surface area contributed by atoms with Crippen LogP contribution in [0.2, 0.25) is 10.3 Å². The SMILES string of the molecule is O=S(=O)(c1ccc(F)cc1)N1CCCN(Cc2ccc(Cl)nc2Cl)CC1. The molecule has 2 heterocycles. The lowest BCUT2D eigenvalue weighted by Crippen LogP contribution is -2.35. The highest BCUT2D eigenvalue weighted by molar-refractivity contribution is 7.89. The zero-order valence-corrected chi connectivity index (χ0v) is 16.2. The Morgan fingerprint density at radius 1 is 1.00 bits per heavy atom. The average molecular weight is 418 g/mol. The van der Waals surface area contributed by atoms with Gasteiger partial charge in [-0.3, -0.25) is 4.90 Å². The highest BCUT2D eigenvalue weighted by atomic mass is 35.5.